The van der Waals surface area contributed by atoms with Crippen LogP contribution >= 0.6 is 0 Å². The van der Waals surface area contributed by atoms with Crippen molar-refractivity contribution in [2.45, 2.75) is 23.8 Å². The number of fused-ring (bicyclic) bond motifs is 3. The molecule has 3 aromatic carbocycles. The summed E-state index contributed by atoms with van der Waals surface area (Å²) in [5.41, 5.74) is 3.72. The highest BCUT2D eigenvalue weighted by Gasteiger charge is 2.29. The maximum atomic E-state index is 9.75. The van der Waals surface area contributed by atoms with Crippen LogP contribution in [0.3, 0.4) is 0 Å². The van der Waals surface area contributed by atoms with E-state index >= 15 is 0 Å². The molecule has 26 heavy (non-hydrogen) atoms. The summed E-state index contributed by atoms with van der Waals surface area (Å²) in [5.74, 6) is 2.24. The Labute approximate surface area is 156 Å². The van der Waals surface area contributed by atoms with Crippen molar-refractivity contribution in [3.63, 3.8) is 0 Å². The third-order valence-electron chi connectivity index (χ3n) is 5.40. The summed E-state index contributed by atoms with van der Waals surface area (Å²) in [5, 5.41) is 12.3. The van der Waals surface area contributed by atoms with Crippen molar-refractivity contribution in [3.05, 3.63) is 72.8 Å². The molecule has 1 aliphatic heterocycles. The van der Waals surface area contributed by atoms with Crippen LogP contribution in [-0.4, -0.2) is 27.3 Å². The summed E-state index contributed by atoms with van der Waals surface area (Å²) in [6.07, 6.45) is 1.80. The molecule has 1 aliphatic rings. The standard InChI is InChI=1S/C23H22NOS/c25-18-13-15-26(16-14-18)19-11-9-17(10-12-19)24-22-7-3-1-5-20(22)21-6-2-4-8-23(21)24/h1-12,18,25H,13-16H2/q+1. The van der Waals surface area contributed by atoms with Gasteiger partial charge in [0, 0.05) is 40.2 Å². The lowest BCUT2D eigenvalue weighted by atomic mass is 10.2. The molecule has 1 N–H and O–H groups in total. The van der Waals surface area contributed by atoms with Crippen molar-refractivity contribution in [2.24, 2.45) is 0 Å². The van der Waals surface area contributed by atoms with Gasteiger partial charge in [0.15, 0.2) is 4.90 Å². The Balaban J connectivity index is 1.59. The number of nitrogens with zero attached hydrogens (tertiary/aromatic N) is 1. The zero-order chi connectivity index (χ0) is 17.5. The van der Waals surface area contributed by atoms with Gasteiger partial charge in [0.25, 0.3) is 0 Å². The maximum absolute atomic E-state index is 9.75. The molecule has 0 aliphatic carbocycles. The number of aromatic nitrogens is 1. The number of para-hydroxylation sites is 2. The van der Waals surface area contributed by atoms with Crippen LogP contribution in [0.25, 0.3) is 27.5 Å². The Morgan fingerprint density at radius 1 is 0.731 bits per heavy atom. The molecule has 3 heteroatoms. The molecule has 2 nitrogen and oxygen atoms in total. The summed E-state index contributed by atoms with van der Waals surface area (Å²) in [6.45, 7) is 0. The van der Waals surface area contributed by atoms with Crippen LogP contribution < -0.4 is 0 Å². The average molecular weight is 361 g/mol. The molecule has 1 saturated heterocycles. The summed E-state index contributed by atoms with van der Waals surface area (Å²) in [6, 6.07) is 26.4. The van der Waals surface area contributed by atoms with Crippen LogP contribution in [0.5, 0.6) is 0 Å². The van der Waals surface area contributed by atoms with Crippen LogP contribution in [0.4, 0.5) is 0 Å². The molecule has 0 unspecified atom stereocenters. The molecule has 0 bridgehead atoms. The molecular weight excluding hydrogens is 338 g/mol. The first-order chi connectivity index (χ1) is 12.8. The van der Waals surface area contributed by atoms with E-state index in [0.29, 0.717) is 10.9 Å². The molecule has 5 rings (SSSR count). The minimum Gasteiger partial charge on any atom is -0.393 e. The molecule has 1 fully saturated rings. The third-order valence-corrected chi connectivity index (χ3v) is 7.80. The van der Waals surface area contributed by atoms with E-state index < -0.39 is 0 Å². The van der Waals surface area contributed by atoms with Crippen LogP contribution in [0.15, 0.2) is 77.7 Å². The normalized spacial score (nSPS) is 20.7. The Morgan fingerprint density at radius 3 is 1.85 bits per heavy atom. The quantitative estimate of drug-likeness (QED) is 0.505. The predicted molar refractivity (Wildman–Crippen MR) is 111 cm³/mol. The fourth-order valence-corrected chi connectivity index (χ4v) is 6.34. The van der Waals surface area contributed by atoms with E-state index in [1.54, 1.807) is 0 Å². The van der Waals surface area contributed by atoms with Crippen molar-refractivity contribution in [1.29, 1.82) is 0 Å². The van der Waals surface area contributed by atoms with Gasteiger partial charge in [0.1, 0.15) is 11.5 Å². The topological polar surface area (TPSA) is 25.2 Å². The molecular formula is C23H22NOS+. The molecule has 0 saturated carbocycles. The average Bonchev–Trinajstić information content (AvgIpc) is 3.03. The SMILES string of the molecule is OC1CC[S+](c2ccc(-n3c4ccccc4c4ccccc43)cc2)CC1. The van der Waals surface area contributed by atoms with E-state index in [4.69, 9.17) is 0 Å². The molecule has 1 aromatic heterocycles. The van der Waals surface area contributed by atoms with E-state index in [-0.39, 0.29) is 6.10 Å². The Kier molecular flexibility index (Phi) is 3.99. The predicted octanol–water partition coefficient (Wildman–Crippen LogP) is 4.92. The van der Waals surface area contributed by atoms with Crippen LogP contribution in [0.1, 0.15) is 12.8 Å². The van der Waals surface area contributed by atoms with Gasteiger partial charge in [-0.05, 0) is 36.4 Å². The van der Waals surface area contributed by atoms with Gasteiger partial charge in [-0.1, -0.05) is 36.4 Å². The minimum atomic E-state index is -0.0874. The van der Waals surface area contributed by atoms with Crippen molar-refractivity contribution in [1.82, 2.24) is 4.57 Å². The third kappa shape index (κ3) is 2.63. The highest BCUT2D eigenvalue weighted by molar-refractivity contribution is 7.96. The number of hydrogen-bond acceptors (Lipinski definition) is 1. The van der Waals surface area contributed by atoms with Crippen LogP contribution in [-0.2, 0) is 10.9 Å². The maximum Gasteiger partial charge on any atom is 0.155 e. The monoisotopic (exact) mass is 360 g/mol. The van der Waals surface area contributed by atoms with Gasteiger partial charge in [0.05, 0.1) is 17.1 Å². The summed E-state index contributed by atoms with van der Waals surface area (Å²) in [4.78, 5) is 1.43. The molecule has 0 spiro atoms. The molecule has 0 amide bonds. The zero-order valence-corrected chi connectivity index (χ0v) is 15.5. The highest BCUT2D eigenvalue weighted by Crippen LogP contribution is 2.32. The fourth-order valence-electron chi connectivity index (χ4n) is 4.03. The lowest BCUT2D eigenvalue weighted by Crippen LogP contribution is -2.26. The van der Waals surface area contributed by atoms with Gasteiger partial charge in [0.2, 0.25) is 0 Å². The van der Waals surface area contributed by atoms with Gasteiger partial charge < -0.3 is 9.67 Å². The summed E-state index contributed by atoms with van der Waals surface area (Å²) >= 11 is 0. The van der Waals surface area contributed by atoms with Crippen LogP contribution in [0, 0.1) is 0 Å². The Bertz CT molecular complexity index is 1010. The molecule has 0 radical (unpaired) electrons. The van der Waals surface area contributed by atoms with E-state index in [0.717, 1.165) is 24.3 Å². The number of benzene rings is 3. The van der Waals surface area contributed by atoms with E-state index in [9.17, 15) is 5.11 Å². The number of hydrogen-bond donors (Lipinski definition) is 1. The lowest BCUT2D eigenvalue weighted by molar-refractivity contribution is 0.165. The molecule has 2 heterocycles. The van der Waals surface area contributed by atoms with E-state index in [2.05, 4.69) is 77.4 Å². The highest BCUT2D eigenvalue weighted by atomic mass is 32.2. The second kappa shape index (κ2) is 6.49. The first-order valence-electron chi connectivity index (χ1n) is 9.25. The number of aliphatic hydroxyl groups is 1. The first-order valence-corrected chi connectivity index (χ1v) is 10.8. The van der Waals surface area contributed by atoms with Gasteiger partial charge in [-0.15, -0.1) is 0 Å². The lowest BCUT2D eigenvalue weighted by Gasteiger charge is -2.18. The zero-order valence-electron chi connectivity index (χ0n) is 14.6. The van der Waals surface area contributed by atoms with Crippen molar-refractivity contribution < 1.29 is 5.11 Å². The summed E-state index contributed by atoms with van der Waals surface area (Å²) < 4.78 is 2.36. The van der Waals surface area contributed by atoms with Crippen molar-refractivity contribution >= 4 is 32.7 Å². The van der Waals surface area contributed by atoms with E-state index in [1.165, 1.54) is 32.4 Å². The molecule has 0 atom stereocenters. The van der Waals surface area contributed by atoms with Crippen LogP contribution in [0.2, 0.25) is 0 Å². The van der Waals surface area contributed by atoms with Gasteiger partial charge in [-0.25, -0.2) is 0 Å². The van der Waals surface area contributed by atoms with Gasteiger partial charge in [-0.2, -0.15) is 0 Å². The second-order valence-corrected chi connectivity index (χ2v) is 9.27. The number of aliphatic hydroxyl groups excluding tert-OH is 1. The second-order valence-electron chi connectivity index (χ2n) is 7.00. The number of rotatable bonds is 2. The molecule has 4 aromatic rings. The minimum absolute atomic E-state index is 0.0874. The molecule has 130 valence electrons. The van der Waals surface area contributed by atoms with E-state index in [1.807, 2.05) is 0 Å². The smallest absolute Gasteiger partial charge is 0.155 e. The van der Waals surface area contributed by atoms with Crippen molar-refractivity contribution in [3.8, 4) is 5.69 Å². The first kappa shape index (κ1) is 16.0. The Morgan fingerprint density at radius 2 is 1.27 bits per heavy atom. The van der Waals surface area contributed by atoms with Gasteiger partial charge in [-0.3, -0.25) is 0 Å². The Hall–Kier alpha value is -2.23. The fraction of sp³-hybridized carbons (Fsp3) is 0.217. The summed E-state index contributed by atoms with van der Waals surface area (Å²) in [7, 11) is 0.293. The van der Waals surface area contributed by atoms with Gasteiger partial charge >= 0.3 is 0 Å². The van der Waals surface area contributed by atoms with Crippen molar-refractivity contribution in [2.75, 3.05) is 11.5 Å². The largest absolute Gasteiger partial charge is 0.393 e.